The molecule has 4 aliphatic rings. The van der Waals surface area contributed by atoms with E-state index in [1.807, 2.05) is 55.5 Å². The average molecular weight is 520 g/mol. The number of anilines is 2. The number of hydrogen-bond donors (Lipinski definition) is 1. The van der Waals surface area contributed by atoms with E-state index in [-0.39, 0.29) is 49.0 Å². The molecular weight excluding hydrogens is 486 g/mol. The van der Waals surface area contributed by atoms with Gasteiger partial charge >= 0.3 is 6.09 Å². The second-order valence-electron chi connectivity index (χ2n) is 10.7. The van der Waals surface area contributed by atoms with Crippen LogP contribution < -0.4 is 9.80 Å². The first-order valence-corrected chi connectivity index (χ1v) is 13.4. The van der Waals surface area contributed by atoms with Gasteiger partial charge in [0, 0.05) is 23.7 Å². The van der Waals surface area contributed by atoms with Crippen molar-refractivity contribution >= 4 is 29.3 Å². The molecule has 0 unspecified atom stereocenters. The summed E-state index contributed by atoms with van der Waals surface area (Å²) in [5.74, 6) is -0.262. The molecular formula is C29H33N3O6. The topological polar surface area (TPSA) is 99.6 Å². The van der Waals surface area contributed by atoms with Crippen LogP contribution in [0.1, 0.15) is 43.7 Å². The number of ether oxygens (including phenoxy) is 2. The number of para-hydroxylation sites is 1. The highest BCUT2D eigenvalue weighted by Gasteiger charge is 2.60. The van der Waals surface area contributed by atoms with Gasteiger partial charge in [-0.3, -0.25) is 14.5 Å². The lowest BCUT2D eigenvalue weighted by molar-refractivity contribution is -0.150. The van der Waals surface area contributed by atoms with Gasteiger partial charge in [0.25, 0.3) is 5.91 Å². The van der Waals surface area contributed by atoms with E-state index < -0.39 is 5.60 Å². The second kappa shape index (κ2) is 9.71. The standard InChI is InChI=1S/C29H33N3O6/c1-19-14-23(16-26(34)30-11-5-8-22(30)18-33)38-29(19)24-9-2-3-10-25(24)32(27(29)35)17-20-6-4-7-21(15-20)31-12-13-37-28(31)36/h2-4,6-7,9-10,15,19,22-23,33H,5,8,11-14,16-18H2,1H3/t19-,22+,23-,29+/m1/s1. The van der Waals surface area contributed by atoms with E-state index in [1.165, 1.54) is 0 Å². The number of likely N-dealkylation sites (tertiary alicyclic amines) is 1. The fourth-order valence-electron chi connectivity index (χ4n) is 6.61. The predicted octanol–water partition coefficient (Wildman–Crippen LogP) is 3.18. The summed E-state index contributed by atoms with van der Waals surface area (Å²) in [6.45, 7) is 3.84. The molecule has 9 heteroatoms. The molecule has 200 valence electrons. The fraction of sp³-hybridized carbons (Fsp3) is 0.483. The molecule has 9 nitrogen and oxygen atoms in total. The SMILES string of the molecule is C[C@@H]1C[C@H](CC(=O)N2CCC[C@H]2CO)O[C@@]12C(=O)N(Cc1cccc(N3CCOC3=O)c1)c1ccccc12. The molecule has 0 saturated carbocycles. The first-order chi connectivity index (χ1) is 18.4. The Labute approximate surface area is 221 Å². The number of carbonyl (C=O) groups is 3. The van der Waals surface area contributed by atoms with Crippen molar-refractivity contribution in [2.24, 2.45) is 5.92 Å². The number of carbonyl (C=O) groups excluding carboxylic acids is 3. The van der Waals surface area contributed by atoms with Crippen LogP contribution >= 0.6 is 0 Å². The third kappa shape index (κ3) is 3.96. The summed E-state index contributed by atoms with van der Waals surface area (Å²) in [6, 6.07) is 15.2. The van der Waals surface area contributed by atoms with Gasteiger partial charge in [-0.05, 0) is 43.0 Å². The Kier molecular flexibility index (Phi) is 6.36. The largest absolute Gasteiger partial charge is 0.447 e. The predicted molar refractivity (Wildman–Crippen MR) is 140 cm³/mol. The molecule has 0 aliphatic carbocycles. The van der Waals surface area contributed by atoms with E-state index in [9.17, 15) is 19.5 Å². The Morgan fingerprint density at radius 3 is 2.76 bits per heavy atom. The van der Waals surface area contributed by atoms with Gasteiger partial charge in [-0.15, -0.1) is 0 Å². The molecule has 2 aromatic rings. The Morgan fingerprint density at radius 1 is 1.13 bits per heavy atom. The van der Waals surface area contributed by atoms with Crippen LogP contribution in [0.25, 0.3) is 0 Å². The molecule has 6 rings (SSSR count). The highest BCUT2D eigenvalue weighted by molar-refractivity contribution is 6.07. The van der Waals surface area contributed by atoms with Crippen LogP contribution in [0, 0.1) is 5.92 Å². The van der Waals surface area contributed by atoms with Crippen LogP contribution in [0.3, 0.4) is 0 Å². The van der Waals surface area contributed by atoms with E-state index >= 15 is 0 Å². The normalized spacial score (nSPS) is 28.5. The van der Waals surface area contributed by atoms with E-state index in [1.54, 1.807) is 14.7 Å². The number of hydrogen-bond acceptors (Lipinski definition) is 6. The molecule has 4 atom stereocenters. The number of nitrogens with zero attached hydrogens (tertiary/aromatic N) is 3. The Balaban J connectivity index is 1.24. The lowest BCUT2D eigenvalue weighted by Gasteiger charge is -2.29. The van der Waals surface area contributed by atoms with Gasteiger partial charge in [0.15, 0.2) is 5.60 Å². The number of fused-ring (bicyclic) bond motifs is 2. The molecule has 1 N–H and O–H groups in total. The highest BCUT2D eigenvalue weighted by atomic mass is 16.6. The lowest BCUT2D eigenvalue weighted by Crippen LogP contribution is -2.44. The third-order valence-electron chi connectivity index (χ3n) is 8.46. The van der Waals surface area contributed by atoms with Gasteiger partial charge in [0.05, 0.1) is 44.0 Å². The van der Waals surface area contributed by atoms with Crippen molar-refractivity contribution in [2.45, 2.75) is 56.9 Å². The summed E-state index contributed by atoms with van der Waals surface area (Å²) in [5.41, 5.74) is 2.14. The summed E-state index contributed by atoms with van der Waals surface area (Å²) < 4.78 is 11.7. The lowest BCUT2D eigenvalue weighted by atomic mass is 9.83. The maximum Gasteiger partial charge on any atom is 0.414 e. The molecule has 4 heterocycles. The smallest absolute Gasteiger partial charge is 0.414 e. The molecule has 0 aromatic heterocycles. The van der Waals surface area contributed by atoms with Crippen molar-refractivity contribution in [1.29, 1.82) is 0 Å². The fourth-order valence-corrected chi connectivity index (χ4v) is 6.61. The number of amides is 3. The monoisotopic (exact) mass is 519 g/mol. The van der Waals surface area contributed by atoms with Gasteiger partial charge in [0.1, 0.15) is 6.61 Å². The summed E-state index contributed by atoms with van der Waals surface area (Å²) in [4.78, 5) is 44.4. The van der Waals surface area contributed by atoms with Crippen molar-refractivity contribution in [3.8, 4) is 0 Å². The van der Waals surface area contributed by atoms with E-state index in [0.29, 0.717) is 32.7 Å². The number of rotatable bonds is 6. The number of benzene rings is 2. The van der Waals surface area contributed by atoms with Crippen molar-refractivity contribution in [2.75, 3.05) is 36.1 Å². The molecule has 0 bridgehead atoms. The zero-order valence-electron chi connectivity index (χ0n) is 21.5. The van der Waals surface area contributed by atoms with Gasteiger partial charge in [-0.1, -0.05) is 37.3 Å². The number of aliphatic hydroxyl groups excluding tert-OH is 1. The highest BCUT2D eigenvalue weighted by Crippen LogP contribution is 2.53. The minimum absolute atomic E-state index is 0.0244. The summed E-state index contributed by atoms with van der Waals surface area (Å²) in [6.07, 6.45) is 1.77. The zero-order valence-corrected chi connectivity index (χ0v) is 21.5. The molecule has 1 spiro atoms. The van der Waals surface area contributed by atoms with Crippen molar-refractivity contribution in [1.82, 2.24) is 4.90 Å². The summed E-state index contributed by atoms with van der Waals surface area (Å²) in [7, 11) is 0. The van der Waals surface area contributed by atoms with Crippen molar-refractivity contribution < 1.29 is 29.0 Å². The molecule has 0 radical (unpaired) electrons. The minimum atomic E-state index is -1.14. The summed E-state index contributed by atoms with van der Waals surface area (Å²) >= 11 is 0. The van der Waals surface area contributed by atoms with Crippen molar-refractivity contribution in [3.63, 3.8) is 0 Å². The van der Waals surface area contributed by atoms with Crippen LogP contribution in [0.2, 0.25) is 0 Å². The second-order valence-corrected chi connectivity index (χ2v) is 10.7. The first-order valence-electron chi connectivity index (χ1n) is 13.4. The van der Waals surface area contributed by atoms with Gasteiger partial charge < -0.3 is 24.4 Å². The van der Waals surface area contributed by atoms with Crippen LogP contribution in [0.15, 0.2) is 48.5 Å². The van der Waals surface area contributed by atoms with Crippen LogP contribution in [-0.4, -0.2) is 66.4 Å². The Bertz CT molecular complexity index is 1270. The number of aliphatic hydroxyl groups is 1. The molecule has 3 saturated heterocycles. The van der Waals surface area contributed by atoms with Crippen LogP contribution in [-0.2, 0) is 31.2 Å². The molecule has 2 aromatic carbocycles. The van der Waals surface area contributed by atoms with Crippen molar-refractivity contribution in [3.05, 3.63) is 59.7 Å². The van der Waals surface area contributed by atoms with E-state index in [0.717, 1.165) is 35.3 Å². The first kappa shape index (κ1) is 24.9. The Hall–Kier alpha value is -3.43. The maximum absolute atomic E-state index is 14.2. The number of cyclic esters (lactones) is 1. The third-order valence-corrected chi connectivity index (χ3v) is 8.46. The van der Waals surface area contributed by atoms with Crippen LogP contribution in [0.5, 0.6) is 0 Å². The molecule has 3 amide bonds. The van der Waals surface area contributed by atoms with Gasteiger partial charge in [-0.25, -0.2) is 4.79 Å². The van der Waals surface area contributed by atoms with Gasteiger partial charge in [0.2, 0.25) is 5.91 Å². The quantitative estimate of drug-likeness (QED) is 0.630. The maximum atomic E-state index is 14.2. The summed E-state index contributed by atoms with van der Waals surface area (Å²) in [5, 5.41) is 9.64. The van der Waals surface area contributed by atoms with E-state index in [2.05, 4.69) is 0 Å². The van der Waals surface area contributed by atoms with E-state index in [4.69, 9.17) is 9.47 Å². The van der Waals surface area contributed by atoms with Crippen LogP contribution in [0.4, 0.5) is 16.2 Å². The van der Waals surface area contributed by atoms with Gasteiger partial charge in [-0.2, -0.15) is 0 Å². The molecule has 4 aliphatic heterocycles. The average Bonchev–Trinajstić information content (AvgIpc) is 3.69. The Morgan fingerprint density at radius 2 is 1.97 bits per heavy atom. The zero-order chi connectivity index (χ0) is 26.4. The molecule has 38 heavy (non-hydrogen) atoms. The minimum Gasteiger partial charge on any atom is -0.447 e. The molecule has 3 fully saturated rings.